The number of sulfone groups is 1. The van der Waals surface area contributed by atoms with Crippen LogP contribution in [0.5, 0.6) is 11.8 Å². The van der Waals surface area contributed by atoms with Crippen LogP contribution in [0, 0.1) is 0 Å². The van der Waals surface area contributed by atoms with Crippen LogP contribution < -0.4 is 14.4 Å². The predicted molar refractivity (Wildman–Crippen MR) is 87.0 cm³/mol. The summed E-state index contributed by atoms with van der Waals surface area (Å²) in [6.07, 6.45) is 4.63. The maximum absolute atomic E-state index is 11.6. The van der Waals surface area contributed by atoms with E-state index in [1.165, 1.54) is 20.4 Å². The molecule has 0 aliphatic carbocycles. The van der Waals surface area contributed by atoms with Crippen LogP contribution in [0.1, 0.15) is 0 Å². The van der Waals surface area contributed by atoms with Crippen molar-refractivity contribution in [2.45, 2.75) is 0 Å². The lowest BCUT2D eigenvalue weighted by molar-refractivity contribution is 0.362. The van der Waals surface area contributed by atoms with Gasteiger partial charge in [0, 0.05) is 13.1 Å². The van der Waals surface area contributed by atoms with Gasteiger partial charge in [-0.1, -0.05) is 0 Å². The van der Waals surface area contributed by atoms with Crippen molar-refractivity contribution in [1.29, 1.82) is 0 Å². The van der Waals surface area contributed by atoms with Crippen molar-refractivity contribution in [2.75, 3.05) is 43.7 Å². The van der Waals surface area contributed by atoms with Crippen molar-refractivity contribution in [3.8, 4) is 23.1 Å². The van der Waals surface area contributed by atoms with Gasteiger partial charge in [-0.3, -0.25) is 4.98 Å². The molecule has 0 N–H and O–H groups in total. The van der Waals surface area contributed by atoms with E-state index in [4.69, 9.17) is 9.47 Å². The summed E-state index contributed by atoms with van der Waals surface area (Å²) in [6, 6.07) is 0. The Hall–Kier alpha value is -2.49. The molecule has 2 aromatic heterocycles. The molecular formula is C14H17N5O4S. The minimum atomic E-state index is -2.95. The van der Waals surface area contributed by atoms with E-state index in [9.17, 15) is 8.42 Å². The maximum atomic E-state index is 11.6. The zero-order valence-electron chi connectivity index (χ0n) is 13.3. The molecule has 0 bridgehead atoms. The van der Waals surface area contributed by atoms with Gasteiger partial charge in [-0.25, -0.2) is 18.4 Å². The number of aromatic nitrogens is 4. The van der Waals surface area contributed by atoms with E-state index in [0.717, 1.165) is 0 Å². The van der Waals surface area contributed by atoms with Crippen molar-refractivity contribution in [3.63, 3.8) is 0 Å². The van der Waals surface area contributed by atoms with E-state index in [2.05, 4.69) is 19.9 Å². The van der Waals surface area contributed by atoms with Crippen LogP contribution in [0.15, 0.2) is 18.6 Å². The van der Waals surface area contributed by atoms with Crippen LogP contribution in [-0.4, -0.2) is 67.2 Å². The van der Waals surface area contributed by atoms with Crippen LogP contribution >= 0.6 is 0 Å². The number of methoxy groups -OCH3 is 2. The number of rotatable bonds is 4. The zero-order valence-corrected chi connectivity index (χ0v) is 14.2. The van der Waals surface area contributed by atoms with Crippen LogP contribution in [0.4, 0.5) is 5.82 Å². The van der Waals surface area contributed by atoms with E-state index < -0.39 is 9.84 Å². The van der Waals surface area contributed by atoms with Crippen LogP contribution in [0.25, 0.3) is 11.4 Å². The number of nitrogens with zero attached hydrogens (tertiary/aromatic N) is 5. The fraction of sp³-hybridized carbons (Fsp3) is 0.429. The van der Waals surface area contributed by atoms with Crippen molar-refractivity contribution >= 4 is 15.7 Å². The fourth-order valence-electron chi connectivity index (χ4n) is 2.34. The number of hydrogen-bond acceptors (Lipinski definition) is 9. The Kier molecular flexibility index (Phi) is 4.47. The second-order valence-corrected chi connectivity index (χ2v) is 7.48. The van der Waals surface area contributed by atoms with Gasteiger partial charge in [0.2, 0.25) is 11.8 Å². The molecule has 0 atom stereocenters. The highest BCUT2D eigenvalue weighted by Gasteiger charge is 2.23. The molecule has 2 aromatic rings. The first-order chi connectivity index (χ1) is 11.5. The van der Waals surface area contributed by atoms with E-state index in [1.54, 1.807) is 12.4 Å². The zero-order chi connectivity index (χ0) is 17.2. The molecular weight excluding hydrogens is 334 g/mol. The predicted octanol–water partition coefficient (Wildman–Crippen LogP) is 0.186. The summed E-state index contributed by atoms with van der Waals surface area (Å²) in [6.45, 7) is 0.789. The number of ether oxygens (including phenoxy) is 2. The number of hydrogen-bond donors (Lipinski definition) is 0. The van der Waals surface area contributed by atoms with Crippen molar-refractivity contribution in [2.24, 2.45) is 0 Å². The van der Waals surface area contributed by atoms with Gasteiger partial charge in [0.1, 0.15) is 11.5 Å². The SMILES string of the molecule is COc1cnc(-c2cncc(N3CCS(=O)(=O)CC3)n2)c(OC)n1. The molecule has 1 fully saturated rings. The van der Waals surface area contributed by atoms with Crippen molar-refractivity contribution < 1.29 is 17.9 Å². The summed E-state index contributed by atoms with van der Waals surface area (Å²) in [5, 5.41) is 0. The Bertz CT molecular complexity index is 829. The summed E-state index contributed by atoms with van der Waals surface area (Å²) in [7, 11) is 0.0294. The Balaban J connectivity index is 1.91. The molecule has 1 aliphatic heterocycles. The smallest absolute Gasteiger partial charge is 0.245 e. The van der Waals surface area contributed by atoms with Crippen LogP contribution in [0.2, 0.25) is 0 Å². The maximum Gasteiger partial charge on any atom is 0.245 e. The van der Waals surface area contributed by atoms with Gasteiger partial charge in [-0.15, -0.1) is 0 Å². The van der Waals surface area contributed by atoms with E-state index in [0.29, 0.717) is 36.2 Å². The lowest BCUT2D eigenvalue weighted by Gasteiger charge is -2.27. The van der Waals surface area contributed by atoms with Gasteiger partial charge in [0.25, 0.3) is 0 Å². The third-order valence-electron chi connectivity index (χ3n) is 3.65. The van der Waals surface area contributed by atoms with Gasteiger partial charge in [0.15, 0.2) is 15.5 Å². The lowest BCUT2D eigenvalue weighted by Crippen LogP contribution is -2.40. The second kappa shape index (κ2) is 6.56. The molecule has 10 heteroatoms. The summed E-state index contributed by atoms with van der Waals surface area (Å²) in [5.41, 5.74) is 0.935. The van der Waals surface area contributed by atoms with Gasteiger partial charge >= 0.3 is 0 Å². The molecule has 0 radical (unpaired) electrons. The lowest BCUT2D eigenvalue weighted by atomic mass is 10.3. The van der Waals surface area contributed by atoms with Gasteiger partial charge < -0.3 is 14.4 Å². The van der Waals surface area contributed by atoms with Gasteiger partial charge in [0.05, 0.1) is 44.3 Å². The topological polar surface area (TPSA) is 107 Å². The Morgan fingerprint density at radius 2 is 1.79 bits per heavy atom. The molecule has 3 rings (SSSR count). The Labute approximate surface area is 139 Å². The van der Waals surface area contributed by atoms with E-state index >= 15 is 0 Å². The summed E-state index contributed by atoms with van der Waals surface area (Å²) < 4.78 is 33.4. The molecule has 24 heavy (non-hydrogen) atoms. The average Bonchev–Trinajstić information content (AvgIpc) is 2.61. The summed E-state index contributed by atoms with van der Waals surface area (Å²) >= 11 is 0. The fourth-order valence-corrected chi connectivity index (χ4v) is 3.54. The normalized spacial score (nSPS) is 16.7. The largest absolute Gasteiger partial charge is 0.480 e. The number of anilines is 1. The molecule has 0 amide bonds. The third-order valence-corrected chi connectivity index (χ3v) is 5.26. The minimum absolute atomic E-state index is 0.116. The molecule has 0 spiro atoms. The quantitative estimate of drug-likeness (QED) is 0.762. The molecule has 0 aromatic carbocycles. The van der Waals surface area contributed by atoms with E-state index in [-0.39, 0.29) is 17.4 Å². The third kappa shape index (κ3) is 3.37. The van der Waals surface area contributed by atoms with Crippen LogP contribution in [0.3, 0.4) is 0 Å². The van der Waals surface area contributed by atoms with Crippen molar-refractivity contribution in [3.05, 3.63) is 18.6 Å². The molecule has 3 heterocycles. The van der Waals surface area contributed by atoms with Gasteiger partial charge in [-0.05, 0) is 0 Å². The molecule has 1 saturated heterocycles. The standard InChI is InChI=1S/C14H17N5O4S/c1-22-12-9-16-13(14(18-12)23-2)10-7-15-8-11(17-10)19-3-5-24(20,21)6-4-19/h7-9H,3-6H2,1-2H3. The highest BCUT2D eigenvalue weighted by atomic mass is 32.2. The first kappa shape index (κ1) is 16.4. The monoisotopic (exact) mass is 351 g/mol. The highest BCUT2D eigenvalue weighted by molar-refractivity contribution is 7.91. The average molecular weight is 351 g/mol. The summed E-state index contributed by atoms with van der Waals surface area (Å²) in [4.78, 5) is 19.0. The summed E-state index contributed by atoms with van der Waals surface area (Å²) in [5.74, 6) is 1.44. The first-order valence-electron chi connectivity index (χ1n) is 7.25. The highest BCUT2D eigenvalue weighted by Crippen LogP contribution is 2.27. The molecule has 9 nitrogen and oxygen atoms in total. The Morgan fingerprint density at radius 1 is 1.04 bits per heavy atom. The Morgan fingerprint density at radius 3 is 2.46 bits per heavy atom. The first-order valence-corrected chi connectivity index (χ1v) is 9.07. The van der Waals surface area contributed by atoms with E-state index in [1.807, 2.05) is 4.90 Å². The van der Waals surface area contributed by atoms with Crippen LogP contribution in [-0.2, 0) is 9.84 Å². The molecule has 128 valence electrons. The molecule has 0 saturated carbocycles. The molecule has 0 unspecified atom stereocenters. The van der Waals surface area contributed by atoms with Gasteiger partial charge in [-0.2, -0.15) is 4.98 Å². The van der Waals surface area contributed by atoms with Crippen molar-refractivity contribution in [1.82, 2.24) is 19.9 Å². The molecule has 1 aliphatic rings. The minimum Gasteiger partial charge on any atom is -0.480 e. The second-order valence-electron chi connectivity index (χ2n) is 5.17.